The highest BCUT2D eigenvalue weighted by molar-refractivity contribution is 7.99. The summed E-state index contributed by atoms with van der Waals surface area (Å²) >= 11 is 2.06. The van der Waals surface area contributed by atoms with Crippen molar-refractivity contribution >= 4 is 33.7 Å². The molecule has 0 saturated carbocycles. The minimum absolute atomic E-state index is 0.231. The molecule has 0 atom stereocenters. The lowest BCUT2D eigenvalue weighted by Gasteiger charge is -2.12. The smallest absolute Gasteiger partial charge is 0.378 e. The van der Waals surface area contributed by atoms with Crippen molar-refractivity contribution < 1.29 is 13.2 Å². The SMILES string of the molecule is CCc1nn2c(=O)cc(CNc3ccccc3SCC(F)(F)F)nc2s1. The maximum absolute atomic E-state index is 12.5. The molecule has 10 heteroatoms. The van der Waals surface area contributed by atoms with E-state index >= 15 is 0 Å². The van der Waals surface area contributed by atoms with Crippen LogP contribution in [0.2, 0.25) is 0 Å². The van der Waals surface area contributed by atoms with Crippen LogP contribution >= 0.6 is 23.1 Å². The topological polar surface area (TPSA) is 59.3 Å². The fourth-order valence-electron chi connectivity index (χ4n) is 2.21. The molecular formula is C16H15F3N4OS2. The first-order valence-corrected chi connectivity index (χ1v) is 9.57. The summed E-state index contributed by atoms with van der Waals surface area (Å²) in [7, 11) is 0. The van der Waals surface area contributed by atoms with E-state index < -0.39 is 11.9 Å². The van der Waals surface area contributed by atoms with Crippen molar-refractivity contribution in [2.24, 2.45) is 0 Å². The van der Waals surface area contributed by atoms with Gasteiger partial charge in [0, 0.05) is 16.6 Å². The Morgan fingerprint density at radius 3 is 2.81 bits per heavy atom. The first kappa shape index (κ1) is 18.7. The zero-order valence-electron chi connectivity index (χ0n) is 13.7. The molecule has 3 rings (SSSR count). The monoisotopic (exact) mass is 400 g/mol. The Kier molecular flexibility index (Phi) is 5.52. The van der Waals surface area contributed by atoms with E-state index in [1.165, 1.54) is 21.9 Å². The van der Waals surface area contributed by atoms with Crippen molar-refractivity contribution in [1.82, 2.24) is 14.6 Å². The quantitative estimate of drug-likeness (QED) is 0.635. The van der Waals surface area contributed by atoms with Gasteiger partial charge in [0.1, 0.15) is 5.01 Å². The first-order chi connectivity index (χ1) is 12.4. The molecule has 0 bridgehead atoms. The summed E-state index contributed by atoms with van der Waals surface area (Å²) in [6.07, 6.45) is -3.52. The maximum Gasteiger partial charge on any atom is 0.398 e. The Morgan fingerprint density at radius 1 is 1.31 bits per heavy atom. The van der Waals surface area contributed by atoms with Gasteiger partial charge >= 0.3 is 6.18 Å². The van der Waals surface area contributed by atoms with Gasteiger partial charge in [-0.2, -0.15) is 22.8 Å². The first-order valence-electron chi connectivity index (χ1n) is 7.77. The summed E-state index contributed by atoms with van der Waals surface area (Å²) < 4.78 is 38.6. The van der Waals surface area contributed by atoms with E-state index in [1.807, 2.05) is 6.92 Å². The van der Waals surface area contributed by atoms with Crippen molar-refractivity contribution in [3.63, 3.8) is 0 Å². The van der Waals surface area contributed by atoms with Crippen LogP contribution in [0.5, 0.6) is 0 Å². The lowest BCUT2D eigenvalue weighted by Crippen LogP contribution is -2.17. The second-order valence-electron chi connectivity index (χ2n) is 5.38. The predicted octanol–water partition coefficient (Wildman–Crippen LogP) is 3.98. The summed E-state index contributed by atoms with van der Waals surface area (Å²) in [6.45, 7) is 2.18. The molecule has 0 fully saturated rings. The molecule has 0 aliphatic heterocycles. The number of para-hydroxylation sites is 1. The van der Waals surface area contributed by atoms with E-state index in [0.29, 0.717) is 27.7 Å². The molecule has 5 nitrogen and oxygen atoms in total. The highest BCUT2D eigenvalue weighted by atomic mass is 32.2. The van der Waals surface area contributed by atoms with Gasteiger partial charge in [-0.25, -0.2) is 4.98 Å². The van der Waals surface area contributed by atoms with Crippen LogP contribution in [0.1, 0.15) is 17.6 Å². The third kappa shape index (κ3) is 4.55. The Hall–Kier alpha value is -2.07. The van der Waals surface area contributed by atoms with Gasteiger partial charge in [-0.15, -0.1) is 11.8 Å². The number of hydrogen-bond acceptors (Lipinski definition) is 6. The van der Waals surface area contributed by atoms with Crippen LogP contribution in [0.15, 0.2) is 40.0 Å². The Bertz CT molecular complexity index is 968. The van der Waals surface area contributed by atoms with Crippen molar-refractivity contribution in [3.8, 4) is 0 Å². The van der Waals surface area contributed by atoms with Gasteiger partial charge in [0.25, 0.3) is 5.56 Å². The highest BCUT2D eigenvalue weighted by Crippen LogP contribution is 2.32. The predicted molar refractivity (Wildman–Crippen MR) is 97.1 cm³/mol. The zero-order valence-corrected chi connectivity index (χ0v) is 15.3. The molecule has 26 heavy (non-hydrogen) atoms. The number of alkyl halides is 3. The molecule has 1 N–H and O–H groups in total. The molecule has 0 spiro atoms. The summed E-state index contributed by atoms with van der Waals surface area (Å²) in [5.74, 6) is -0.960. The molecule has 2 heterocycles. The molecule has 138 valence electrons. The number of thioether (sulfide) groups is 1. The van der Waals surface area contributed by atoms with Crippen molar-refractivity contribution in [2.75, 3.05) is 11.1 Å². The Labute approximate surface area is 155 Å². The number of nitrogens with one attached hydrogen (secondary N) is 1. The van der Waals surface area contributed by atoms with Gasteiger partial charge < -0.3 is 5.32 Å². The fraction of sp³-hybridized carbons (Fsp3) is 0.312. The number of aromatic nitrogens is 3. The molecule has 0 unspecified atom stereocenters. The normalized spacial score (nSPS) is 11.8. The second-order valence-corrected chi connectivity index (χ2v) is 7.44. The third-order valence-electron chi connectivity index (χ3n) is 3.38. The summed E-state index contributed by atoms with van der Waals surface area (Å²) in [6, 6.07) is 8.13. The highest BCUT2D eigenvalue weighted by Gasteiger charge is 2.27. The third-order valence-corrected chi connectivity index (χ3v) is 5.57. The van der Waals surface area contributed by atoms with Crippen LogP contribution in [-0.4, -0.2) is 26.5 Å². The summed E-state index contributed by atoms with van der Waals surface area (Å²) in [5, 5.41) is 8.06. The molecule has 2 aromatic heterocycles. The summed E-state index contributed by atoms with van der Waals surface area (Å²) in [4.78, 5) is 17.5. The van der Waals surface area contributed by atoms with Crippen LogP contribution in [0, 0.1) is 0 Å². The van der Waals surface area contributed by atoms with E-state index in [9.17, 15) is 18.0 Å². The van der Waals surface area contributed by atoms with Crippen LogP contribution < -0.4 is 10.9 Å². The molecule has 0 aliphatic carbocycles. The lowest BCUT2D eigenvalue weighted by atomic mass is 10.3. The molecule has 0 radical (unpaired) electrons. The molecule has 0 saturated heterocycles. The van der Waals surface area contributed by atoms with Gasteiger partial charge in [-0.05, 0) is 18.6 Å². The average molecular weight is 400 g/mol. The van der Waals surface area contributed by atoms with E-state index in [4.69, 9.17) is 0 Å². The number of nitrogens with zero attached hydrogens (tertiary/aromatic N) is 3. The van der Waals surface area contributed by atoms with Crippen LogP contribution in [0.25, 0.3) is 4.96 Å². The van der Waals surface area contributed by atoms with E-state index in [1.54, 1.807) is 24.3 Å². The zero-order chi connectivity index (χ0) is 18.7. The molecule has 0 aliphatic rings. The molecule has 1 aromatic carbocycles. The molecule has 0 amide bonds. The number of hydrogen-bond donors (Lipinski definition) is 1. The number of fused-ring (bicyclic) bond motifs is 1. The Morgan fingerprint density at radius 2 is 2.08 bits per heavy atom. The van der Waals surface area contributed by atoms with E-state index in [2.05, 4.69) is 15.4 Å². The minimum Gasteiger partial charge on any atom is -0.378 e. The number of benzene rings is 1. The van der Waals surface area contributed by atoms with Gasteiger partial charge in [-0.1, -0.05) is 30.4 Å². The van der Waals surface area contributed by atoms with E-state index in [0.717, 1.165) is 16.8 Å². The lowest BCUT2D eigenvalue weighted by molar-refractivity contribution is -0.105. The summed E-state index contributed by atoms with van der Waals surface area (Å²) in [5.41, 5.74) is 0.807. The number of rotatable bonds is 6. The Balaban J connectivity index is 1.77. The molecular weight excluding hydrogens is 385 g/mol. The van der Waals surface area contributed by atoms with Gasteiger partial charge in [-0.3, -0.25) is 4.79 Å². The number of aryl methyl sites for hydroxylation is 1. The molecule has 3 aromatic rings. The fourth-order valence-corrected chi connectivity index (χ4v) is 3.86. The van der Waals surface area contributed by atoms with Gasteiger partial charge in [0.05, 0.1) is 18.0 Å². The standard InChI is InChI=1S/C16H15F3N4OS2/c1-2-13-22-23-14(24)7-10(21-15(23)26-13)8-20-11-5-3-4-6-12(11)25-9-16(17,18)19/h3-7,20H,2,8-9H2,1H3. The van der Waals surface area contributed by atoms with Crippen LogP contribution in [-0.2, 0) is 13.0 Å². The number of anilines is 1. The van der Waals surface area contributed by atoms with Gasteiger partial charge in [0.2, 0.25) is 4.96 Å². The van der Waals surface area contributed by atoms with Crippen LogP contribution in [0.3, 0.4) is 0 Å². The minimum atomic E-state index is -4.23. The second kappa shape index (κ2) is 7.67. The maximum atomic E-state index is 12.5. The van der Waals surface area contributed by atoms with Crippen molar-refractivity contribution in [2.45, 2.75) is 31.0 Å². The van der Waals surface area contributed by atoms with Crippen molar-refractivity contribution in [3.05, 3.63) is 51.4 Å². The largest absolute Gasteiger partial charge is 0.398 e. The number of halogens is 3. The van der Waals surface area contributed by atoms with Gasteiger partial charge in [0.15, 0.2) is 0 Å². The van der Waals surface area contributed by atoms with Crippen LogP contribution in [0.4, 0.5) is 18.9 Å². The van der Waals surface area contributed by atoms with E-state index in [-0.39, 0.29) is 12.1 Å². The average Bonchev–Trinajstić information content (AvgIpc) is 3.02. The van der Waals surface area contributed by atoms with Crippen molar-refractivity contribution in [1.29, 1.82) is 0 Å².